The zero-order valence-corrected chi connectivity index (χ0v) is 17.3. The van der Waals surface area contributed by atoms with E-state index in [0.717, 1.165) is 11.1 Å². The Bertz CT molecular complexity index is 803. The normalized spacial score (nSPS) is 11.7. The standard InChI is InChI=1S/C21H24Cl2N2O2/c1-4-19(21(27)24-3)25(13-15-9-6-5-8-14(15)2)20(26)12-16-17(22)10-7-11-18(16)23/h5-11,19H,4,12-13H2,1-3H3,(H,24,27). The number of hydrogen-bond acceptors (Lipinski definition) is 2. The van der Waals surface area contributed by atoms with Crippen molar-refractivity contribution in [1.82, 2.24) is 10.2 Å². The Morgan fingerprint density at radius 2 is 1.70 bits per heavy atom. The highest BCUT2D eigenvalue weighted by Crippen LogP contribution is 2.26. The molecule has 0 spiro atoms. The van der Waals surface area contributed by atoms with Gasteiger partial charge in [-0.2, -0.15) is 0 Å². The molecule has 0 heterocycles. The Hall–Kier alpha value is -2.04. The lowest BCUT2D eigenvalue weighted by Crippen LogP contribution is -2.48. The van der Waals surface area contributed by atoms with E-state index in [1.165, 1.54) is 0 Å². The molecule has 0 radical (unpaired) electrons. The average Bonchev–Trinajstić information content (AvgIpc) is 2.65. The van der Waals surface area contributed by atoms with E-state index >= 15 is 0 Å². The minimum absolute atomic E-state index is 0.0396. The van der Waals surface area contributed by atoms with Crippen LogP contribution in [0.1, 0.15) is 30.0 Å². The summed E-state index contributed by atoms with van der Waals surface area (Å²) in [6, 6.07) is 12.4. The van der Waals surface area contributed by atoms with Gasteiger partial charge in [0.05, 0.1) is 6.42 Å². The number of likely N-dealkylation sites (N-methyl/N-ethyl adjacent to an activating group) is 1. The summed E-state index contributed by atoms with van der Waals surface area (Å²) in [6.07, 6.45) is 0.547. The summed E-state index contributed by atoms with van der Waals surface area (Å²) in [5.74, 6) is -0.381. The van der Waals surface area contributed by atoms with Crippen LogP contribution in [0.15, 0.2) is 42.5 Å². The number of benzene rings is 2. The molecule has 0 aromatic heterocycles. The second-order valence-electron chi connectivity index (χ2n) is 6.36. The van der Waals surface area contributed by atoms with Crippen LogP contribution < -0.4 is 5.32 Å². The molecule has 0 aliphatic carbocycles. The minimum atomic E-state index is -0.566. The lowest BCUT2D eigenvalue weighted by molar-refractivity contribution is -0.140. The van der Waals surface area contributed by atoms with Gasteiger partial charge in [0.25, 0.3) is 0 Å². The molecular weight excluding hydrogens is 383 g/mol. The molecule has 0 saturated heterocycles. The van der Waals surface area contributed by atoms with Crippen molar-refractivity contribution in [2.75, 3.05) is 7.05 Å². The molecule has 0 aliphatic rings. The fraction of sp³-hybridized carbons (Fsp3) is 0.333. The summed E-state index contributed by atoms with van der Waals surface area (Å²) in [4.78, 5) is 27.2. The fourth-order valence-electron chi connectivity index (χ4n) is 3.01. The van der Waals surface area contributed by atoms with Gasteiger partial charge in [-0.15, -0.1) is 0 Å². The van der Waals surface area contributed by atoms with Gasteiger partial charge in [0.15, 0.2) is 0 Å². The van der Waals surface area contributed by atoms with Gasteiger partial charge in [0.2, 0.25) is 11.8 Å². The molecule has 0 saturated carbocycles. The van der Waals surface area contributed by atoms with E-state index in [1.807, 2.05) is 38.1 Å². The second kappa shape index (κ2) is 9.77. The molecular formula is C21H24Cl2N2O2. The topological polar surface area (TPSA) is 49.4 Å². The summed E-state index contributed by atoms with van der Waals surface area (Å²) >= 11 is 12.5. The van der Waals surface area contributed by atoms with Crippen LogP contribution in [0.3, 0.4) is 0 Å². The van der Waals surface area contributed by atoms with Crippen molar-refractivity contribution in [3.63, 3.8) is 0 Å². The van der Waals surface area contributed by atoms with Crippen LogP contribution in [0.2, 0.25) is 10.0 Å². The molecule has 6 heteroatoms. The van der Waals surface area contributed by atoms with E-state index in [1.54, 1.807) is 30.1 Å². The number of rotatable bonds is 7. The largest absolute Gasteiger partial charge is 0.357 e. The number of halogens is 2. The van der Waals surface area contributed by atoms with E-state index in [9.17, 15) is 9.59 Å². The highest BCUT2D eigenvalue weighted by molar-refractivity contribution is 6.36. The van der Waals surface area contributed by atoms with Crippen LogP contribution in [-0.2, 0) is 22.6 Å². The van der Waals surface area contributed by atoms with Crippen LogP contribution in [0, 0.1) is 6.92 Å². The lowest BCUT2D eigenvalue weighted by Gasteiger charge is -2.31. The zero-order valence-electron chi connectivity index (χ0n) is 15.8. The Labute approximate surface area is 170 Å². The fourth-order valence-corrected chi connectivity index (χ4v) is 3.54. The maximum absolute atomic E-state index is 13.2. The molecule has 4 nitrogen and oxygen atoms in total. The van der Waals surface area contributed by atoms with Gasteiger partial charge in [0, 0.05) is 23.6 Å². The van der Waals surface area contributed by atoms with E-state index in [-0.39, 0.29) is 18.2 Å². The number of carbonyl (C=O) groups excluding carboxylic acids is 2. The second-order valence-corrected chi connectivity index (χ2v) is 7.18. The van der Waals surface area contributed by atoms with Crippen molar-refractivity contribution in [2.24, 2.45) is 0 Å². The maximum atomic E-state index is 13.2. The van der Waals surface area contributed by atoms with Crippen LogP contribution >= 0.6 is 23.2 Å². The van der Waals surface area contributed by atoms with Crippen LogP contribution in [-0.4, -0.2) is 29.8 Å². The van der Waals surface area contributed by atoms with Crippen LogP contribution in [0.5, 0.6) is 0 Å². The van der Waals surface area contributed by atoms with Crippen LogP contribution in [0.4, 0.5) is 0 Å². The number of hydrogen-bond donors (Lipinski definition) is 1. The SMILES string of the molecule is CCC(C(=O)NC)N(Cc1ccccc1C)C(=O)Cc1c(Cl)cccc1Cl. The quantitative estimate of drug-likeness (QED) is 0.740. The monoisotopic (exact) mass is 406 g/mol. The summed E-state index contributed by atoms with van der Waals surface area (Å²) in [5.41, 5.74) is 2.64. The van der Waals surface area contributed by atoms with Crippen molar-refractivity contribution >= 4 is 35.0 Å². The van der Waals surface area contributed by atoms with Gasteiger partial charge in [-0.25, -0.2) is 0 Å². The summed E-state index contributed by atoms with van der Waals surface area (Å²) < 4.78 is 0. The van der Waals surface area contributed by atoms with Gasteiger partial charge in [0.1, 0.15) is 6.04 Å². The minimum Gasteiger partial charge on any atom is -0.357 e. The zero-order chi connectivity index (χ0) is 20.0. The highest BCUT2D eigenvalue weighted by atomic mass is 35.5. The molecule has 144 valence electrons. The third kappa shape index (κ3) is 5.24. The Morgan fingerprint density at radius 3 is 2.26 bits per heavy atom. The van der Waals surface area contributed by atoms with E-state index < -0.39 is 6.04 Å². The Morgan fingerprint density at radius 1 is 1.07 bits per heavy atom. The Kier molecular flexibility index (Phi) is 7.69. The third-order valence-electron chi connectivity index (χ3n) is 4.62. The average molecular weight is 407 g/mol. The van der Waals surface area contributed by atoms with Gasteiger partial charge in [-0.05, 0) is 42.2 Å². The molecule has 1 unspecified atom stereocenters. The van der Waals surface area contributed by atoms with Gasteiger partial charge >= 0.3 is 0 Å². The van der Waals surface area contributed by atoms with Crippen LogP contribution in [0.25, 0.3) is 0 Å². The Balaban J connectivity index is 2.37. The van der Waals surface area contributed by atoms with E-state index in [2.05, 4.69) is 5.32 Å². The first-order valence-corrected chi connectivity index (χ1v) is 9.63. The molecule has 0 aliphatic heterocycles. The molecule has 27 heavy (non-hydrogen) atoms. The molecule has 0 fully saturated rings. The van der Waals surface area contributed by atoms with Crippen molar-refractivity contribution in [3.05, 3.63) is 69.2 Å². The first kappa shape index (κ1) is 21.3. The summed E-state index contributed by atoms with van der Waals surface area (Å²) in [6.45, 7) is 4.23. The maximum Gasteiger partial charge on any atom is 0.242 e. The number of aryl methyl sites for hydroxylation is 1. The predicted octanol–water partition coefficient (Wildman–Crippen LogP) is 4.40. The molecule has 1 atom stereocenters. The van der Waals surface area contributed by atoms with Gasteiger partial charge in [-0.1, -0.05) is 60.5 Å². The molecule has 2 rings (SSSR count). The first-order chi connectivity index (χ1) is 12.9. The molecule has 2 aromatic rings. The van der Waals surface area contributed by atoms with Crippen molar-refractivity contribution in [3.8, 4) is 0 Å². The summed E-state index contributed by atoms with van der Waals surface area (Å²) in [5, 5.41) is 3.54. The van der Waals surface area contributed by atoms with E-state index in [0.29, 0.717) is 28.6 Å². The number of nitrogens with one attached hydrogen (secondary N) is 1. The molecule has 1 N–H and O–H groups in total. The lowest BCUT2D eigenvalue weighted by atomic mass is 10.0. The van der Waals surface area contributed by atoms with Crippen molar-refractivity contribution in [2.45, 2.75) is 39.3 Å². The first-order valence-electron chi connectivity index (χ1n) is 8.87. The third-order valence-corrected chi connectivity index (χ3v) is 5.33. The van der Waals surface area contributed by atoms with Crippen molar-refractivity contribution in [1.29, 1.82) is 0 Å². The predicted molar refractivity (Wildman–Crippen MR) is 110 cm³/mol. The molecule has 2 aromatic carbocycles. The number of amides is 2. The number of carbonyl (C=O) groups is 2. The molecule has 0 bridgehead atoms. The summed E-state index contributed by atoms with van der Waals surface area (Å²) in [7, 11) is 1.58. The van der Waals surface area contributed by atoms with Gasteiger partial charge in [-0.3, -0.25) is 9.59 Å². The highest BCUT2D eigenvalue weighted by Gasteiger charge is 2.29. The number of nitrogens with zero attached hydrogens (tertiary/aromatic N) is 1. The van der Waals surface area contributed by atoms with E-state index in [4.69, 9.17) is 23.2 Å². The van der Waals surface area contributed by atoms with Gasteiger partial charge < -0.3 is 10.2 Å². The smallest absolute Gasteiger partial charge is 0.242 e. The van der Waals surface area contributed by atoms with Crippen molar-refractivity contribution < 1.29 is 9.59 Å². The molecule has 2 amide bonds.